The van der Waals surface area contributed by atoms with Gasteiger partial charge in [0, 0.05) is 17.8 Å². The molecule has 0 saturated carbocycles. The summed E-state index contributed by atoms with van der Waals surface area (Å²) in [6.07, 6.45) is 3.91. The molecule has 1 unspecified atom stereocenters. The van der Waals surface area contributed by atoms with Crippen molar-refractivity contribution < 1.29 is 4.90 Å². The number of fused-ring (bicyclic) bond motifs is 2. The number of nitrogen functional groups attached to an aromatic ring is 1. The molecule has 2 aliphatic rings. The minimum Gasteiger partial charge on any atom is -0.398 e. The highest BCUT2D eigenvalue weighted by Gasteiger charge is 2.34. The van der Waals surface area contributed by atoms with Crippen LogP contribution in [0.1, 0.15) is 12.5 Å². The number of para-hydroxylation sites is 1. The zero-order chi connectivity index (χ0) is 16.8. The van der Waals surface area contributed by atoms with Crippen molar-refractivity contribution in [3.63, 3.8) is 0 Å². The average Bonchev–Trinajstić information content (AvgIpc) is 2.57. The summed E-state index contributed by atoms with van der Waals surface area (Å²) in [7, 11) is 0. The van der Waals surface area contributed by atoms with Crippen molar-refractivity contribution >= 4 is 34.2 Å². The Morgan fingerprint density at radius 2 is 1.79 bits per heavy atom. The standard InChI is InChI=1S/C20H18N4/c1-12-8-17-19(10-15(12)21)24(14-6-4-3-5-7-14)20-11-16(22)13(2)9-18(20)23-17/h3-11,21H,22H2,1-2H3/p+1. The molecule has 0 radical (unpaired) electrons. The Bertz CT molecular complexity index is 949. The van der Waals surface area contributed by atoms with E-state index >= 15 is 0 Å². The number of nitrogens with zero attached hydrogens (tertiary/aromatic N) is 1. The first kappa shape index (κ1) is 14.6. The van der Waals surface area contributed by atoms with E-state index in [1.54, 1.807) is 0 Å². The molecule has 0 aromatic heterocycles. The number of aryl methyl sites for hydroxylation is 1. The Kier molecular flexibility index (Phi) is 3.22. The topological polar surface area (TPSA) is 66.7 Å². The van der Waals surface area contributed by atoms with E-state index in [0.717, 1.165) is 50.2 Å². The number of benzene rings is 2. The minimum absolute atomic E-state index is 0.529. The van der Waals surface area contributed by atoms with E-state index < -0.39 is 0 Å². The molecule has 2 aromatic rings. The first-order valence-electron chi connectivity index (χ1n) is 7.96. The molecule has 1 aliphatic heterocycles. The van der Waals surface area contributed by atoms with Crippen molar-refractivity contribution in [2.45, 2.75) is 13.8 Å². The summed E-state index contributed by atoms with van der Waals surface area (Å²) in [5, 5.41) is 8.19. The van der Waals surface area contributed by atoms with Gasteiger partial charge in [-0.15, -0.1) is 0 Å². The molecule has 4 N–H and O–H groups in total. The summed E-state index contributed by atoms with van der Waals surface area (Å²) in [6, 6.07) is 14.3. The third kappa shape index (κ3) is 2.20. The molecular weight excluding hydrogens is 296 g/mol. The van der Waals surface area contributed by atoms with Gasteiger partial charge in [0.25, 0.3) is 0 Å². The maximum atomic E-state index is 8.19. The molecule has 0 bridgehead atoms. The van der Waals surface area contributed by atoms with Gasteiger partial charge in [0.15, 0.2) is 11.4 Å². The number of nitrogens with two attached hydrogens (primary N) is 1. The van der Waals surface area contributed by atoms with Crippen molar-refractivity contribution in [3.05, 3.63) is 71.5 Å². The van der Waals surface area contributed by atoms with Crippen molar-refractivity contribution in [2.75, 3.05) is 5.73 Å². The lowest BCUT2D eigenvalue weighted by atomic mass is 9.97. The quantitative estimate of drug-likeness (QED) is 0.548. The lowest BCUT2D eigenvalue weighted by Crippen LogP contribution is -3.01. The van der Waals surface area contributed by atoms with Crippen LogP contribution >= 0.6 is 0 Å². The molecule has 24 heavy (non-hydrogen) atoms. The predicted octanol–water partition coefficient (Wildman–Crippen LogP) is 3.37. The second kappa shape index (κ2) is 5.28. The third-order valence-corrected chi connectivity index (χ3v) is 4.57. The number of aliphatic imine (C=N–C) groups is 1. The van der Waals surface area contributed by atoms with E-state index in [0.29, 0.717) is 5.71 Å². The average molecular weight is 315 g/mol. The summed E-state index contributed by atoms with van der Waals surface area (Å²) in [5.74, 6) is 0. The van der Waals surface area contributed by atoms with Crippen LogP contribution in [0.4, 0.5) is 22.7 Å². The van der Waals surface area contributed by atoms with Crippen LogP contribution in [0.5, 0.6) is 0 Å². The van der Waals surface area contributed by atoms with Gasteiger partial charge in [-0.3, -0.25) is 0 Å². The first-order valence-corrected chi connectivity index (χ1v) is 7.96. The van der Waals surface area contributed by atoms with Gasteiger partial charge >= 0.3 is 0 Å². The molecule has 0 fully saturated rings. The molecule has 0 spiro atoms. The van der Waals surface area contributed by atoms with Crippen LogP contribution in [0.2, 0.25) is 0 Å². The molecule has 1 heterocycles. The SMILES string of the molecule is CC1=CC2=Nc3cc(C)c(N)cc3[NH+](c3ccccc3)C2=CC1=N. The van der Waals surface area contributed by atoms with Gasteiger partial charge in [-0.05, 0) is 49.3 Å². The second-order valence-electron chi connectivity index (χ2n) is 6.26. The predicted molar refractivity (Wildman–Crippen MR) is 99.0 cm³/mol. The normalized spacial score (nSPS) is 19.0. The zero-order valence-electron chi connectivity index (χ0n) is 13.7. The molecule has 1 atom stereocenters. The molecule has 2 aromatic carbocycles. The highest BCUT2D eigenvalue weighted by atomic mass is 15.2. The van der Waals surface area contributed by atoms with Crippen molar-refractivity contribution in [2.24, 2.45) is 4.99 Å². The fraction of sp³-hybridized carbons (Fsp3) is 0.100. The molecule has 4 rings (SSSR count). The van der Waals surface area contributed by atoms with Gasteiger partial charge in [0.05, 0.1) is 5.71 Å². The van der Waals surface area contributed by atoms with Crippen LogP contribution in [0.25, 0.3) is 0 Å². The number of hydrogen-bond donors (Lipinski definition) is 3. The first-order chi connectivity index (χ1) is 11.5. The number of anilines is 1. The van der Waals surface area contributed by atoms with Crippen molar-refractivity contribution in [1.29, 1.82) is 5.41 Å². The Labute approximate surface area is 141 Å². The molecular formula is C20H19N4+. The molecule has 4 heteroatoms. The largest absolute Gasteiger partial charge is 0.398 e. The summed E-state index contributed by atoms with van der Waals surface area (Å²) in [5.41, 5.74) is 14.4. The molecule has 118 valence electrons. The smallest absolute Gasteiger partial charge is 0.169 e. The van der Waals surface area contributed by atoms with E-state index in [1.807, 2.05) is 56.3 Å². The minimum atomic E-state index is 0.529. The van der Waals surface area contributed by atoms with Gasteiger partial charge < -0.3 is 11.1 Å². The Hall–Kier alpha value is -2.98. The van der Waals surface area contributed by atoms with Crippen molar-refractivity contribution in [1.82, 2.24) is 0 Å². The zero-order valence-corrected chi connectivity index (χ0v) is 13.7. The fourth-order valence-electron chi connectivity index (χ4n) is 3.18. The lowest BCUT2D eigenvalue weighted by Gasteiger charge is -2.28. The number of hydrogen-bond acceptors (Lipinski definition) is 3. The summed E-state index contributed by atoms with van der Waals surface area (Å²) >= 11 is 0. The molecule has 1 aliphatic carbocycles. The number of nitrogens with one attached hydrogen (secondary N) is 2. The van der Waals surface area contributed by atoms with Crippen LogP contribution in [0.3, 0.4) is 0 Å². The van der Waals surface area contributed by atoms with E-state index in [2.05, 4.69) is 12.1 Å². The fourth-order valence-corrected chi connectivity index (χ4v) is 3.18. The van der Waals surface area contributed by atoms with Crippen LogP contribution in [-0.4, -0.2) is 11.4 Å². The van der Waals surface area contributed by atoms with Crippen LogP contribution in [-0.2, 0) is 0 Å². The van der Waals surface area contributed by atoms with E-state index in [1.165, 1.54) is 0 Å². The van der Waals surface area contributed by atoms with E-state index in [9.17, 15) is 0 Å². The van der Waals surface area contributed by atoms with Crippen LogP contribution < -0.4 is 10.6 Å². The van der Waals surface area contributed by atoms with Gasteiger partial charge in [-0.2, -0.15) is 0 Å². The molecule has 0 amide bonds. The van der Waals surface area contributed by atoms with E-state index in [-0.39, 0.29) is 0 Å². The summed E-state index contributed by atoms with van der Waals surface area (Å²) in [4.78, 5) is 5.92. The third-order valence-electron chi connectivity index (χ3n) is 4.57. The Balaban J connectivity index is 2.01. The Morgan fingerprint density at radius 3 is 2.54 bits per heavy atom. The maximum Gasteiger partial charge on any atom is 0.169 e. The maximum absolute atomic E-state index is 8.19. The number of quaternary nitrogens is 1. The van der Waals surface area contributed by atoms with Crippen LogP contribution in [0.15, 0.2) is 70.9 Å². The van der Waals surface area contributed by atoms with Gasteiger partial charge in [-0.1, -0.05) is 18.2 Å². The van der Waals surface area contributed by atoms with Gasteiger partial charge in [0.2, 0.25) is 0 Å². The number of allylic oxidation sites excluding steroid dienone is 3. The van der Waals surface area contributed by atoms with Crippen LogP contribution in [0, 0.1) is 12.3 Å². The molecule has 4 nitrogen and oxygen atoms in total. The molecule has 0 saturated heterocycles. The summed E-state index contributed by atoms with van der Waals surface area (Å²) < 4.78 is 0. The van der Waals surface area contributed by atoms with Crippen molar-refractivity contribution in [3.8, 4) is 0 Å². The van der Waals surface area contributed by atoms with E-state index in [4.69, 9.17) is 16.1 Å². The highest BCUT2D eigenvalue weighted by Crippen LogP contribution is 2.33. The number of rotatable bonds is 1. The monoisotopic (exact) mass is 315 g/mol. The Morgan fingerprint density at radius 1 is 1.04 bits per heavy atom. The lowest BCUT2D eigenvalue weighted by molar-refractivity contribution is -0.707. The summed E-state index contributed by atoms with van der Waals surface area (Å²) in [6.45, 7) is 3.95. The highest BCUT2D eigenvalue weighted by molar-refractivity contribution is 6.22. The second-order valence-corrected chi connectivity index (χ2v) is 6.26. The van der Waals surface area contributed by atoms with Gasteiger partial charge in [-0.25, -0.2) is 9.89 Å². The van der Waals surface area contributed by atoms with Gasteiger partial charge in [0.1, 0.15) is 17.1 Å².